The highest BCUT2D eigenvalue weighted by Crippen LogP contribution is 2.33. The first-order chi connectivity index (χ1) is 8.49. The third kappa shape index (κ3) is 2.87. The second-order valence-corrected chi connectivity index (χ2v) is 6.09. The molecule has 1 aliphatic rings. The Balaban J connectivity index is 2.15. The lowest BCUT2D eigenvalue weighted by atomic mass is 10.0. The average Bonchev–Trinajstić information content (AvgIpc) is 2.78. The number of halogens is 1. The summed E-state index contributed by atoms with van der Waals surface area (Å²) in [6.45, 7) is 5.79. The van der Waals surface area contributed by atoms with E-state index < -0.39 is 0 Å². The fourth-order valence-corrected chi connectivity index (χ4v) is 3.11. The highest BCUT2D eigenvalue weighted by molar-refractivity contribution is 9.10. The minimum absolute atomic E-state index is 0.0548. The van der Waals surface area contributed by atoms with Gasteiger partial charge < -0.3 is 15.7 Å². The highest BCUT2D eigenvalue weighted by atomic mass is 79.9. The van der Waals surface area contributed by atoms with Gasteiger partial charge in [-0.05, 0) is 53.9 Å². The van der Waals surface area contributed by atoms with Gasteiger partial charge in [-0.15, -0.1) is 0 Å². The van der Waals surface area contributed by atoms with Crippen LogP contribution in [0.3, 0.4) is 0 Å². The second kappa shape index (κ2) is 5.59. The molecule has 3 nitrogen and oxygen atoms in total. The van der Waals surface area contributed by atoms with Gasteiger partial charge in [-0.3, -0.25) is 0 Å². The average molecular weight is 313 g/mol. The Morgan fingerprint density at radius 3 is 2.67 bits per heavy atom. The van der Waals surface area contributed by atoms with Crippen LogP contribution in [0.1, 0.15) is 31.9 Å². The van der Waals surface area contributed by atoms with Crippen molar-refractivity contribution in [2.75, 3.05) is 18.0 Å². The number of aliphatic hydroxyl groups is 1. The lowest BCUT2D eigenvalue weighted by Gasteiger charge is -2.22. The van der Waals surface area contributed by atoms with Crippen LogP contribution in [0, 0.1) is 5.92 Å². The molecule has 0 saturated carbocycles. The molecule has 0 bridgehead atoms. The van der Waals surface area contributed by atoms with Crippen molar-refractivity contribution < 1.29 is 5.11 Å². The maximum Gasteiger partial charge on any atom is 0.0557 e. The number of anilines is 1. The number of aliphatic hydroxyl groups excluding tert-OH is 1. The number of hydrogen-bond donors (Lipinski definition) is 2. The zero-order valence-electron chi connectivity index (χ0n) is 10.9. The predicted octanol–water partition coefficient (Wildman–Crippen LogP) is 2.68. The first-order valence-electron chi connectivity index (χ1n) is 6.47. The molecule has 1 fully saturated rings. The maximum absolute atomic E-state index is 9.65. The van der Waals surface area contributed by atoms with Crippen LogP contribution < -0.4 is 10.6 Å². The van der Waals surface area contributed by atoms with Crippen molar-refractivity contribution in [2.24, 2.45) is 11.7 Å². The minimum atomic E-state index is -0.225. The number of rotatable bonds is 3. The second-order valence-electron chi connectivity index (χ2n) is 5.23. The molecule has 4 heteroatoms. The summed E-state index contributed by atoms with van der Waals surface area (Å²) < 4.78 is 1.09. The monoisotopic (exact) mass is 312 g/mol. The van der Waals surface area contributed by atoms with Gasteiger partial charge in [0.25, 0.3) is 0 Å². The first kappa shape index (κ1) is 13.8. The number of benzene rings is 1. The van der Waals surface area contributed by atoms with Crippen molar-refractivity contribution in [3.63, 3.8) is 0 Å². The van der Waals surface area contributed by atoms with E-state index >= 15 is 0 Å². The highest BCUT2D eigenvalue weighted by Gasteiger charge is 2.27. The SMILES string of the molecule is CC(O)C1CCN(c2ccc([C@@H](C)N)cc2Br)C1. The molecule has 18 heavy (non-hydrogen) atoms. The van der Waals surface area contributed by atoms with Crippen molar-refractivity contribution >= 4 is 21.6 Å². The van der Waals surface area contributed by atoms with Crippen molar-refractivity contribution in [2.45, 2.75) is 32.4 Å². The number of nitrogens with zero attached hydrogens (tertiary/aromatic N) is 1. The molecule has 2 rings (SSSR count). The molecule has 0 aliphatic carbocycles. The van der Waals surface area contributed by atoms with Crippen molar-refractivity contribution in [1.29, 1.82) is 0 Å². The number of hydrogen-bond acceptors (Lipinski definition) is 3. The van der Waals surface area contributed by atoms with E-state index in [0.29, 0.717) is 5.92 Å². The quantitative estimate of drug-likeness (QED) is 0.902. The van der Waals surface area contributed by atoms with Gasteiger partial charge in [-0.2, -0.15) is 0 Å². The fraction of sp³-hybridized carbons (Fsp3) is 0.571. The number of nitrogens with two attached hydrogens (primary N) is 1. The van der Waals surface area contributed by atoms with Gasteiger partial charge in [0.05, 0.1) is 11.8 Å². The third-order valence-electron chi connectivity index (χ3n) is 3.75. The molecule has 1 saturated heterocycles. The van der Waals surface area contributed by atoms with Gasteiger partial charge in [-0.1, -0.05) is 6.07 Å². The van der Waals surface area contributed by atoms with Crippen LogP contribution in [0.15, 0.2) is 22.7 Å². The van der Waals surface area contributed by atoms with E-state index in [-0.39, 0.29) is 12.1 Å². The van der Waals surface area contributed by atoms with Gasteiger partial charge in [0.2, 0.25) is 0 Å². The smallest absolute Gasteiger partial charge is 0.0557 e. The molecule has 0 spiro atoms. The summed E-state index contributed by atoms with van der Waals surface area (Å²) in [7, 11) is 0. The van der Waals surface area contributed by atoms with Gasteiger partial charge >= 0.3 is 0 Å². The summed E-state index contributed by atoms with van der Waals surface area (Å²) in [5.41, 5.74) is 8.21. The summed E-state index contributed by atoms with van der Waals surface area (Å²) in [5, 5.41) is 9.65. The van der Waals surface area contributed by atoms with E-state index in [4.69, 9.17) is 5.73 Å². The Kier molecular flexibility index (Phi) is 4.30. The lowest BCUT2D eigenvalue weighted by molar-refractivity contribution is 0.136. The van der Waals surface area contributed by atoms with E-state index in [0.717, 1.165) is 29.5 Å². The molecule has 100 valence electrons. The zero-order chi connectivity index (χ0) is 13.3. The van der Waals surface area contributed by atoms with Gasteiger partial charge in [0.15, 0.2) is 0 Å². The summed E-state index contributed by atoms with van der Waals surface area (Å²) in [6, 6.07) is 6.35. The summed E-state index contributed by atoms with van der Waals surface area (Å²) >= 11 is 3.62. The maximum atomic E-state index is 9.65. The summed E-state index contributed by atoms with van der Waals surface area (Å²) in [5.74, 6) is 0.380. The Hall–Kier alpha value is -0.580. The minimum Gasteiger partial charge on any atom is -0.393 e. The van der Waals surface area contributed by atoms with Crippen LogP contribution >= 0.6 is 15.9 Å². The Bertz CT molecular complexity index is 420. The Labute approximate surface area is 117 Å². The van der Waals surface area contributed by atoms with E-state index in [1.807, 2.05) is 13.8 Å². The lowest BCUT2D eigenvalue weighted by Crippen LogP contribution is -2.24. The van der Waals surface area contributed by atoms with E-state index in [2.05, 4.69) is 39.0 Å². The molecule has 3 atom stereocenters. The molecule has 1 heterocycles. The third-order valence-corrected chi connectivity index (χ3v) is 4.38. The van der Waals surface area contributed by atoms with Gasteiger partial charge in [0.1, 0.15) is 0 Å². The predicted molar refractivity (Wildman–Crippen MR) is 78.7 cm³/mol. The van der Waals surface area contributed by atoms with Crippen molar-refractivity contribution in [3.8, 4) is 0 Å². The summed E-state index contributed by atoms with van der Waals surface area (Å²) in [6.07, 6.45) is 0.830. The summed E-state index contributed by atoms with van der Waals surface area (Å²) in [4.78, 5) is 2.33. The zero-order valence-corrected chi connectivity index (χ0v) is 12.5. The standard InChI is InChI=1S/C14H21BrN2O/c1-9(16)11-3-4-14(13(15)7-11)17-6-5-12(8-17)10(2)18/h3-4,7,9-10,12,18H,5-6,8,16H2,1-2H3/t9-,10?,12?/m1/s1. The molecule has 0 amide bonds. The van der Waals surface area contributed by atoms with Crippen LogP contribution in [-0.4, -0.2) is 24.3 Å². The van der Waals surface area contributed by atoms with Crippen LogP contribution in [0.4, 0.5) is 5.69 Å². The van der Waals surface area contributed by atoms with E-state index in [9.17, 15) is 5.11 Å². The molecule has 3 N–H and O–H groups in total. The van der Waals surface area contributed by atoms with Crippen LogP contribution in [0.2, 0.25) is 0 Å². The van der Waals surface area contributed by atoms with Crippen LogP contribution in [-0.2, 0) is 0 Å². The fourth-order valence-electron chi connectivity index (χ4n) is 2.46. The van der Waals surface area contributed by atoms with Crippen LogP contribution in [0.5, 0.6) is 0 Å². The molecule has 2 unspecified atom stereocenters. The normalized spacial score (nSPS) is 23.2. The molecule has 0 radical (unpaired) electrons. The van der Waals surface area contributed by atoms with Crippen molar-refractivity contribution in [3.05, 3.63) is 28.2 Å². The molecule has 1 aliphatic heterocycles. The van der Waals surface area contributed by atoms with Crippen LogP contribution in [0.25, 0.3) is 0 Å². The first-order valence-corrected chi connectivity index (χ1v) is 7.26. The van der Waals surface area contributed by atoms with E-state index in [1.165, 1.54) is 5.69 Å². The topological polar surface area (TPSA) is 49.5 Å². The Morgan fingerprint density at radius 1 is 1.44 bits per heavy atom. The largest absolute Gasteiger partial charge is 0.393 e. The molecule has 1 aromatic rings. The molecule has 0 aromatic heterocycles. The van der Waals surface area contributed by atoms with Gasteiger partial charge in [0, 0.05) is 29.5 Å². The Morgan fingerprint density at radius 2 is 2.17 bits per heavy atom. The molecular formula is C14H21BrN2O. The van der Waals surface area contributed by atoms with Gasteiger partial charge in [-0.25, -0.2) is 0 Å². The molecule has 1 aromatic carbocycles. The molecular weight excluding hydrogens is 292 g/mol. The van der Waals surface area contributed by atoms with Crippen molar-refractivity contribution in [1.82, 2.24) is 0 Å². The van der Waals surface area contributed by atoms with E-state index in [1.54, 1.807) is 0 Å².